The maximum absolute atomic E-state index is 11.9. The van der Waals surface area contributed by atoms with Gasteiger partial charge in [-0.05, 0) is 48.7 Å². The fraction of sp³-hybridized carbons (Fsp3) is 0.263. The van der Waals surface area contributed by atoms with Crippen LogP contribution in [0.3, 0.4) is 0 Å². The summed E-state index contributed by atoms with van der Waals surface area (Å²) in [4.78, 5) is 25.7. The molecule has 0 bridgehead atoms. The van der Waals surface area contributed by atoms with Crippen LogP contribution in [0.4, 0.5) is 11.4 Å². The van der Waals surface area contributed by atoms with E-state index in [2.05, 4.69) is 10.6 Å². The van der Waals surface area contributed by atoms with Gasteiger partial charge in [-0.1, -0.05) is 24.3 Å². The standard InChI is InChI=1S/C19H23N3O2/c1-14-5-4-6-16(13-14)21-19(24)18(23)20-12-11-15-7-9-17(10-8-15)22(2)3/h4-10,13H,11-12H2,1-3H3,(H,20,23)(H,21,24). The second kappa shape index (κ2) is 8.15. The quantitative estimate of drug-likeness (QED) is 0.830. The van der Waals surface area contributed by atoms with Crippen LogP contribution in [0.1, 0.15) is 11.1 Å². The molecule has 0 aliphatic rings. The molecule has 0 atom stereocenters. The Bertz CT molecular complexity index is 709. The van der Waals surface area contributed by atoms with Crippen molar-refractivity contribution in [2.45, 2.75) is 13.3 Å². The van der Waals surface area contributed by atoms with Crippen LogP contribution in [-0.2, 0) is 16.0 Å². The molecule has 0 saturated carbocycles. The average molecular weight is 325 g/mol. The van der Waals surface area contributed by atoms with Gasteiger partial charge in [0, 0.05) is 32.0 Å². The third-order valence-corrected chi connectivity index (χ3v) is 3.63. The van der Waals surface area contributed by atoms with Gasteiger partial charge in [-0.2, -0.15) is 0 Å². The molecule has 0 fully saturated rings. The van der Waals surface area contributed by atoms with Gasteiger partial charge in [-0.25, -0.2) is 0 Å². The van der Waals surface area contributed by atoms with Crippen molar-refractivity contribution in [2.24, 2.45) is 0 Å². The highest BCUT2D eigenvalue weighted by molar-refractivity contribution is 6.39. The van der Waals surface area contributed by atoms with E-state index in [4.69, 9.17) is 0 Å². The molecule has 0 aromatic heterocycles. The zero-order valence-corrected chi connectivity index (χ0v) is 14.3. The fourth-order valence-electron chi connectivity index (χ4n) is 2.27. The average Bonchev–Trinajstić information content (AvgIpc) is 2.55. The van der Waals surface area contributed by atoms with Crippen molar-refractivity contribution in [1.29, 1.82) is 0 Å². The molecule has 2 rings (SSSR count). The van der Waals surface area contributed by atoms with Crippen molar-refractivity contribution in [3.63, 3.8) is 0 Å². The highest BCUT2D eigenvalue weighted by atomic mass is 16.2. The predicted octanol–water partition coefficient (Wildman–Crippen LogP) is 2.36. The van der Waals surface area contributed by atoms with Gasteiger partial charge in [0.05, 0.1) is 0 Å². The van der Waals surface area contributed by atoms with Crippen molar-refractivity contribution >= 4 is 23.2 Å². The van der Waals surface area contributed by atoms with E-state index in [0.29, 0.717) is 18.7 Å². The van der Waals surface area contributed by atoms with Gasteiger partial charge < -0.3 is 15.5 Å². The molecule has 2 aromatic rings. The number of nitrogens with one attached hydrogen (secondary N) is 2. The van der Waals surface area contributed by atoms with Gasteiger partial charge in [-0.15, -0.1) is 0 Å². The predicted molar refractivity (Wildman–Crippen MR) is 97.3 cm³/mol. The summed E-state index contributed by atoms with van der Waals surface area (Å²) >= 11 is 0. The van der Waals surface area contributed by atoms with Gasteiger partial charge >= 0.3 is 11.8 Å². The first-order chi connectivity index (χ1) is 11.5. The van der Waals surface area contributed by atoms with Crippen molar-refractivity contribution in [3.8, 4) is 0 Å². The number of hydrogen-bond donors (Lipinski definition) is 2. The summed E-state index contributed by atoms with van der Waals surface area (Å²) in [7, 11) is 3.98. The largest absolute Gasteiger partial charge is 0.378 e. The number of carbonyl (C=O) groups is 2. The normalized spacial score (nSPS) is 10.1. The lowest BCUT2D eigenvalue weighted by atomic mass is 10.1. The Morgan fingerprint density at radius 2 is 1.71 bits per heavy atom. The molecule has 0 unspecified atom stereocenters. The summed E-state index contributed by atoms with van der Waals surface area (Å²) in [6, 6.07) is 15.4. The van der Waals surface area contributed by atoms with Crippen LogP contribution < -0.4 is 15.5 Å². The van der Waals surface area contributed by atoms with E-state index in [9.17, 15) is 9.59 Å². The minimum Gasteiger partial charge on any atom is -0.378 e. The molecule has 0 radical (unpaired) electrons. The Morgan fingerprint density at radius 3 is 2.33 bits per heavy atom. The molecule has 0 spiro atoms. The summed E-state index contributed by atoms with van der Waals surface area (Å²) in [6.07, 6.45) is 0.678. The lowest BCUT2D eigenvalue weighted by Crippen LogP contribution is -2.36. The molecular weight excluding hydrogens is 302 g/mol. The lowest BCUT2D eigenvalue weighted by molar-refractivity contribution is -0.136. The molecular formula is C19H23N3O2. The lowest BCUT2D eigenvalue weighted by Gasteiger charge is -2.12. The van der Waals surface area contributed by atoms with Crippen LogP contribution in [0.2, 0.25) is 0 Å². The van der Waals surface area contributed by atoms with E-state index >= 15 is 0 Å². The number of anilines is 2. The molecule has 5 nitrogen and oxygen atoms in total. The van der Waals surface area contributed by atoms with E-state index in [0.717, 1.165) is 16.8 Å². The number of rotatable bonds is 5. The number of amides is 2. The second-order valence-electron chi connectivity index (χ2n) is 5.89. The van der Waals surface area contributed by atoms with Gasteiger partial charge in [0.1, 0.15) is 0 Å². The molecule has 5 heteroatoms. The Morgan fingerprint density at radius 1 is 1.00 bits per heavy atom. The number of hydrogen-bond acceptors (Lipinski definition) is 3. The maximum Gasteiger partial charge on any atom is 0.313 e. The SMILES string of the molecule is Cc1cccc(NC(=O)C(=O)NCCc2ccc(N(C)C)cc2)c1. The van der Waals surface area contributed by atoms with Crippen molar-refractivity contribution in [1.82, 2.24) is 5.32 Å². The van der Waals surface area contributed by atoms with Crippen molar-refractivity contribution in [3.05, 3.63) is 59.7 Å². The van der Waals surface area contributed by atoms with E-state index in [1.54, 1.807) is 6.07 Å². The van der Waals surface area contributed by atoms with Crippen LogP contribution in [0.15, 0.2) is 48.5 Å². The van der Waals surface area contributed by atoms with Crippen LogP contribution in [0, 0.1) is 6.92 Å². The Labute approximate surface area is 142 Å². The Balaban J connectivity index is 1.79. The van der Waals surface area contributed by atoms with E-state index < -0.39 is 11.8 Å². The number of benzene rings is 2. The van der Waals surface area contributed by atoms with Crippen LogP contribution in [0.5, 0.6) is 0 Å². The maximum atomic E-state index is 11.9. The second-order valence-corrected chi connectivity index (χ2v) is 5.89. The first kappa shape index (κ1) is 17.5. The first-order valence-electron chi connectivity index (χ1n) is 7.88. The van der Waals surface area contributed by atoms with E-state index in [-0.39, 0.29) is 0 Å². The van der Waals surface area contributed by atoms with Crippen molar-refractivity contribution < 1.29 is 9.59 Å². The highest BCUT2D eigenvalue weighted by Crippen LogP contribution is 2.12. The van der Waals surface area contributed by atoms with Crippen LogP contribution in [-0.4, -0.2) is 32.5 Å². The van der Waals surface area contributed by atoms with Gasteiger partial charge in [0.15, 0.2) is 0 Å². The highest BCUT2D eigenvalue weighted by Gasteiger charge is 2.13. The zero-order chi connectivity index (χ0) is 17.5. The smallest absolute Gasteiger partial charge is 0.313 e. The van der Waals surface area contributed by atoms with Crippen molar-refractivity contribution in [2.75, 3.05) is 30.9 Å². The molecule has 2 N–H and O–H groups in total. The minimum atomic E-state index is -0.649. The summed E-state index contributed by atoms with van der Waals surface area (Å²) < 4.78 is 0. The third kappa shape index (κ3) is 5.12. The molecule has 0 saturated heterocycles. The molecule has 126 valence electrons. The van der Waals surface area contributed by atoms with Crippen LogP contribution >= 0.6 is 0 Å². The van der Waals surface area contributed by atoms with Gasteiger partial charge in [0.2, 0.25) is 0 Å². The van der Waals surface area contributed by atoms with E-state index in [1.807, 2.05) is 68.4 Å². The summed E-state index contributed by atoms with van der Waals surface area (Å²) in [5, 5.41) is 5.24. The van der Waals surface area contributed by atoms with Gasteiger partial charge in [0.25, 0.3) is 0 Å². The molecule has 2 aromatic carbocycles. The summed E-state index contributed by atoms with van der Waals surface area (Å²) in [6.45, 7) is 2.35. The zero-order valence-electron chi connectivity index (χ0n) is 14.3. The fourth-order valence-corrected chi connectivity index (χ4v) is 2.27. The monoisotopic (exact) mass is 325 g/mol. The molecule has 2 amide bonds. The topological polar surface area (TPSA) is 61.4 Å². The Kier molecular flexibility index (Phi) is 5.95. The Hall–Kier alpha value is -2.82. The minimum absolute atomic E-state index is 0.418. The first-order valence-corrected chi connectivity index (χ1v) is 7.88. The third-order valence-electron chi connectivity index (χ3n) is 3.63. The number of carbonyl (C=O) groups excluding carboxylic acids is 2. The molecule has 0 heterocycles. The number of nitrogens with zero attached hydrogens (tertiary/aromatic N) is 1. The van der Waals surface area contributed by atoms with Gasteiger partial charge in [-0.3, -0.25) is 9.59 Å². The van der Waals surface area contributed by atoms with Crippen LogP contribution in [0.25, 0.3) is 0 Å². The molecule has 0 aliphatic heterocycles. The summed E-state index contributed by atoms with van der Waals surface area (Å²) in [5.74, 6) is -1.27. The summed E-state index contributed by atoms with van der Waals surface area (Å²) in [5.41, 5.74) is 3.88. The van der Waals surface area contributed by atoms with E-state index in [1.165, 1.54) is 0 Å². The molecule has 0 aliphatic carbocycles. The number of aryl methyl sites for hydroxylation is 1. The molecule has 24 heavy (non-hydrogen) atoms.